The van der Waals surface area contributed by atoms with E-state index in [-0.39, 0.29) is 11.9 Å². The lowest BCUT2D eigenvalue weighted by Crippen LogP contribution is -2.44. The maximum Gasteiger partial charge on any atom is 0.310 e. The van der Waals surface area contributed by atoms with Gasteiger partial charge in [0.05, 0.1) is 19.6 Å². The first-order valence-electron chi connectivity index (χ1n) is 7.80. The highest BCUT2D eigenvalue weighted by molar-refractivity contribution is 5.72. The molecule has 0 spiro atoms. The summed E-state index contributed by atoms with van der Waals surface area (Å²) in [5.41, 5.74) is 2.80. The molecule has 0 N–H and O–H groups in total. The molecule has 1 aromatic rings. The molecule has 0 radical (unpaired) electrons. The van der Waals surface area contributed by atoms with Crippen LogP contribution in [0.2, 0.25) is 0 Å². The van der Waals surface area contributed by atoms with Gasteiger partial charge in [0.1, 0.15) is 5.75 Å². The molecule has 21 heavy (non-hydrogen) atoms. The molecule has 1 aromatic carbocycles. The molecule has 2 aliphatic rings. The summed E-state index contributed by atoms with van der Waals surface area (Å²) in [6.45, 7) is 4.19. The Kier molecular flexibility index (Phi) is 4.15. The van der Waals surface area contributed by atoms with Crippen LogP contribution in [0.1, 0.15) is 36.9 Å². The van der Waals surface area contributed by atoms with Crippen LogP contribution in [0.15, 0.2) is 18.2 Å². The molecule has 2 atom stereocenters. The topological polar surface area (TPSA) is 38.8 Å². The predicted molar refractivity (Wildman–Crippen MR) is 80.4 cm³/mol. The van der Waals surface area contributed by atoms with Crippen molar-refractivity contribution < 1.29 is 14.3 Å². The van der Waals surface area contributed by atoms with Gasteiger partial charge in [0.2, 0.25) is 0 Å². The quantitative estimate of drug-likeness (QED) is 0.802. The van der Waals surface area contributed by atoms with Crippen molar-refractivity contribution in [3.63, 3.8) is 0 Å². The van der Waals surface area contributed by atoms with E-state index in [1.54, 1.807) is 7.11 Å². The van der Waals surface area contributed by atoms with Gasteiger partial charge in [-0.05, 0) is 49.4 Å². The highest BCUT2D eigenvalue weighted by atomic mass is 16.5. The number of hydrogen-bond donors (Lipinski definition) is 0. The highest BCUT2D eigenvalue weighted by Gasteiger charge is 2.36. The number of fused-ring (bicyclic) bond motifs is 3. The Morgan fingerprint density at radius 1 is 1.38 bits per heavy atom. The molecule has 0 amide bonds. The summed E-state index contributed by atoms with van der Waals surface area (Å²) in [4.78, 5) is 14.4. The second kappa shape index (κ2) is 6.06. The van der Waals surface area contributed by atoms with Crippen molar-refractivity contribution in [3.05, 3.63) is 29.3 Å². The lowest BCUT2D eigenvalue weighted by Gasteiger charge is -2.42. The minimum atomic E-state index is -0.0310. The molecule has 4 heteroatoms. The summed E-state index contributed by atoms with van der Waals surface area (Å²) in [5.74, 6) is 0.944. The van der Waals surface area contributed by atoms with Crippen LogP contribution in [0, 0.1) is 5.92 Å². The molecule has 0 aromatic heterocycles. The maximum absolute atomic E-state index is 11.9. The smallest absolute Gasteiger partial charge is 0.310 e. The Balaban J connectivity index is 1.75. The van der Waals surface area contributed by atoms with E-state index < -0.39 is 0 Å². The van der Waals surface area contributed by atoms with Gasteiger partial charge in [0.15, 0.2) is 0 Å². The predicted octanol–water partition coefficient (Wildman–Crippen LogP) is 2.57. The van der Waals surface area contributed by atoms with Gasteiger partial charge < -0.3 is 9.47 Å². The highest BCUT2D eigenvalue weighted by Crippen LogP contribution is 2.39. The number of benzene rings is 1. The molecule has 2 aliphatic heterocycles. The van der Waals surface area contributed by atoms with E-state index >= 15 is 0 Å². The van der Waals surface area contributed by atoms with Crippen molar-refractivity contribution in [1.82, 2.24) is 4.90 Å². The molecule has 1 fully saturated rings. The number of esters is 1. The van der Waals surface area contributed by atoms with Crippen LogP contribution in [-0.4, -0.2) is 37.7 Å². The molecule has 4 nitrogen and oxygen atoms in total. The molecule has 0 bridgehead atoms. The van der Waals surface area contributed by atoms with Crippen molar-refractivity contribution in [2.75, 3.05) is 26.8 Å². The fourth-order valence-corrected chi connectivity index (χ4v) is 3.61. The van der Waals surface area contributed by atoms with Gasteiger partial charge in [-0.2, -0.15) is 0 Å². The summed E-state index contributed by atoms with van der Waals surface area (Å²) in [5, 5.41) is 0. The zero-order chi connectivity index (χ0) is 14.8. The van der Waals surface area contributed by atoms with Gasteiger partial charge in [-0.3, -0.25) is 9.69 Å². The Bertz CT molecular complexity index is 529. The SMILES string of the molecule is CCOC(=O)[C@@H]1CC[C@H]2c3ccc(OC)cc3CCN2C1. The Labute approximate surface area is 126 Å². The van der Waals surface area contributed by atoms with Crippen molar-refractivity contribution in [2.45, 2.75) is 32.2 Å². The summed E-state index contributed by atoms with van der Waals surface area (Å²) in [6.07, 6.45) is 2.98. The fourth-order valence-electron chi connectivity index (χ4n) is 3.61. The first kappa shape index (κ1) is 14.4. The largest absolute Gasteiger partial charge is 0.497 e. The van der Waals surface area contributed by atoms with Crippen LogP contribution in [0.4, 0.5) is 0 Å². The average molecular weight is 289 g/mol. The third-order valence-electron chi connectivity index (χ3n) is 4.68. The van der Waals surface area contributed by atoms with Crippen LogP contribution >= 0.6 is 0 Å². The minimum Gasteiger partial charge on any atom is -0.497 e. The Morgan fingerprint density at radius 2 is 2.24 bits per heavy atom. The van der Waals surface area contributed by atoms with Gasteiger partial charge in [0, 0.05) is 19.1 Å². The molecule has 0 aliphatic carbocycles. The minimum absolute atomic E-state index is 0.0310. The fraction of sp³-hybridized carbons (Fsp3) is 0.588. The summed E-state index contributed by atoms with van der Waals surface area (Å²) >= 11 is 0. The van der Waals surface area contributed by atoms with E-state index in [1.807, 2.05) is 13.0 Å². The second-order valence-corrected chi connectivity index (χ2v) is 5.85. The van der Waals surface area contributed by atoms with Gasteiger partial charge in [-0.25, -0.2) is 0 Å². The first-order chi connectivity index (χ1) is 10.2. The summed E-state index contributed by atoms with van der Waals surface area (Å²) in [6, 6.07) is 6.84. The van der Waals surface area contributed by atoms with Crippen molar-refractivity contribution in [2.24, 2.45) is 5.92 Å². The van der Waals surface area contributed by atoms with Crippen LogP contribution in [0.3, 0.4) is 0 Å². The van der Waals surface area contributed by atoms with Crippen LogP contribution in [0.5, 0.6) is 5.75 Å². The van der Waals surface area contributed by atoms with Gasteiger partial charge in [0.25, 0.3) is 0 Å². The number of carbonyl (C=O) groups is 1. The zero-order valence-electron chi connectivity index (χ0n) is 12.8. The Morgan fingerprint density at radius 3 is 3.00 bits per heavy atom. The normalized spacial score (nSPS) is 24.9. The molecule has 114 valence electrons. The molecular weight excluding hydrogens is 266 g/mol. The third kappa shape index (κ3) is 2.77. The van der Waals surface area contributed by atoms with Crippen molar-refractivity contribution in [3.8, 4) is 5.75 Å². The van der Waals surface area contributed by atoms with Gasteiger partial charge in [-0.15, -0.1) is 0 Å². The second-order valence-electron chi connectivity index (χ2n) is 5.85. The van der Waals surface area contributed by atoms with Crippen molar-refractivity contribution >= 4 is 5.97 Å². The molecule has 1 saturated heterocycles. The van der Waals surface area contributed by atoms with E-state index in [0.29, 0.717) is 12.6 Å². The number of piperidine rings is 1. The summed E-state index contributed by atoms with van der Waals surface area (Å²) < 4.78 is 10.5. The average Bonchev–Trinajstić information content (AvgIpc) is 2.53. The van der Waals surface area contributed by atoms with E-state index in [0.717, 1.165) is 38.1 Å². The third-order valence-corrected chi connectivity index (χ3v) is 4.68. The van der Waals surface area contributed by atoms with Gasteiger partial charge in [-0.1, -0.05) is 6.07 Å². The van der Waals surface area contributed by atoms with Crippen LogP contribution in [0.25, 0.3) is 0 Å². The van der Waals surface area contributed by atoms with Crippen molar-refractivity contribution in [1.29, 1.82) is 0 Å². The standard InChI is InChI=1S/C17H23NO3/c1-3-21-17(19)13-4-7-16-15-6-5-14(20-2)10-12(15)8-9-18(16)11-13/h5-6,10,13,16H,3-4,7-9,11H2,1-2H3/t13-,16+/m1/s1. The number of nitrogens with zero attached hydrogens (tertiary/aromatic N) is 1. The van der Waals surface area contributed by atoms with E-state index in [1.165, 1.54) is 11.1 Å². The number of ether oxygens (including phenoxy) is 2. The number of rotatable bonds is 3. The lowest BCUT2D eigenvalue weighted by molar-refractivity contribution is -0.150. The maximum atomic E-state index is 11.9. The Hall–Kier alpha value is -1.55. The van der Waals surface area contributed by atoms with Crippen LogP contribution < -0.4 is 4.74 Å². The van der Waals surface area contributed by atoms with E-state index in [2.05, 4.69) is 17.0 Å². The molecule has 0 saturated carbocycles. The number of carbonyl (C=O) groups excluding carboxylic acids is 1. The van der Waals surface area contributed by atoms with E-state index in [4.69, 9.17) is 9.47 Å². The zero-order valence-corrected chi connectivity index (χ0v) is 12.8. The van der Waals surface area contributed by atoms with E-state index in [9.17, 15) is 4.79 Å². The molecular formula is C17H23NO3. The summed E-state index contributed by atoms with van der Waals surface area (Å²) in [7, 11) is 1.71. The monoisotopic (exact) mass is 289 g/mol. The number of methoxy groups -OCH3 is 1. The molecule has 0 unspecified atom stereocenters. The molecule has 3 rings (SSSR count). The molecule has 2 heterocycles. The number of hydrogen-bond acceptors (Lipinski definition) is 4. The lowest BCUT2D eigenvalue weighted by atomic mass is 9.83. The van der Waals surface area contributed by atoms with Gasteiger partial charge >= 0.3 is 5.97 Å². The first-order valence-corrected chi connectivity index (χ1v) is 7.80. The van der Waals surface area contributed by atoms with Crippen LogP contribution in [-0.2, 0) is 16.0 Å².